The number of nitrogens with one attached hydrogen (secondary N) is 1. The number of carbonyl (C=O) groups excluding carboxylic acids is 1. The molecule has 1 N–H and O–H groups in total. The molecule has 0 atom stereocenters. The molecule has 1 heterocycles. The molecule has 1 aromatic heterocycles. The average molecular weight is 320 g/mol. The summed E-state index contributed by atoms with van der Waals surface area (Å²) in [5, 5.41) is 3.90. The van der Waals surface area contributed by atoms with Crippen LogP contribution in [0.3, 0.4) is 0 Å². The van der Waals surface area contributed by atoms with Crippen LogP contribution in [0.5, 0.6) is 0 Å². The quantitative estimate of drug-likeness (QED) is 0.493. The van der Waals surface area contributed by atoms with Crippen molar-refractivity contribution in [1.29, 1.82) is 0 Å². The summed E-state index contributed by atoms with van der Waals surface area (Å²) in [6.07, 6.45) is 2.49. The number of hydrogen-bond donors (Lipinski definition) is 1. The van der Waals surface area contributed by atoms with Gasteiger partial charge in [-0.05, 0) is 22.4 Å². The topological polar surface area (TPSA) is 64.1 Å². The van der Waals surface area contributed by atoms with E-state index in [0.717, 1.165) is 28.3 Å². The third kappa shape index (κ3) is 4.51. The fourth-order valence-electron chi connectivity index (χ4n) is 1.01. The summed E-state index contributed by atoms with van der Waals surface area (Å²) in [5.41, 5.74) is 0. The third-order valence-corrected chi connectivity index (χ3v) is 3.83. The standard InChI is InChI=1S/C10H14BrN3O2S/c1-3-4-12-9-8(11)10(14-6-13-9)17-5-7(15)16-2/h6H,3-5H2,1-2H3,(H,12,13,14). The smallest absolute Gasteiger partial charge is 0.316 e. The zero-order valence-corrected chi connectivity index (χ0v) is 12.1. The molecule has 1 rings (SSSR count). The molecule has 17 heavy (non-hydrogen) atoms. The Bertz CT molecular complexity index is 390. The molecule has 0 saturated heterocycles. The van der Waals surface area contributed by atoms with Gasteiger partial charge in [0.25, 0.3) is 0 Å². The molecule has 0 aliphatic rings. The van der Waals surface area contributed by atoms with E-state index in [1.807, 2.05) is 0 Å². The Labute approximate surface area is 113 Å². The molecule has 0 bridgehead atoms. The van der Waals surface area contributed by atoms with E-state index in [0.29, 0.717) is 0 Å². The largest absolute Gasteiger partial charge is 0.468 e. The number of nitrogens with zero attached hydrogens (tertiary/aromatic N) is 2. The van der Waals surface area contributed by atoms with Crippen LogP contribution < -0.4 is 5.32 Å². The Morgan fingerprint density at radius 1 is 1.59 bits per heavy atom. The Balaban J connectivity index is 2.69. The lowest BCUT2D eigenvalue weighted by atomic mass is 10.4. The molecular weight excluding hydrogens is 306 g/mol. The van der Waals surface area contributed by atoms with Crippen LogP contribution in [0.4, 0.5) is 5.82 Å². The lowest BCUT2D eigenvalue weighted by molar-refractivity contribution is -0.137. The van der Waals surface area contributed by atoms with E-state index in [4.69, 9.17) is 0 Å². The summed E-state index contributed by atoms with van der Waals surface area (Å²) in [7, 11) is 1.37. The van der Waals surface area contributed by atoms with Crippen molar-refractivity contribution in [3.8, 4) is 0 Å². The monoisotopic (exact) mass is 319 g/mol. The Kier molecular flexibility index (Phi) is 6.28. The number of rotatable bonds is 6. The highest BCUT2D eigenvalue weighted by Crippen LogP contribution is 2.29. The second-order valence-corrected chi connectivity index (χ2v) is 4.89. The summed E-state index contributed by atoms with van der Waals surface area (Å²) in [5.74, 6) is 0.706. The maximum atomic E-state index is 11.0. The zero-order valence-electron chi connectivity index (χ0n) is 9.70. The number of halogens is 1. The van der Waals surface area contributed by atoms with Gasteiger partial charge >= 0.3 is 5.97 Å². The van der Waals surface area contributed by atoms with E-state index in [1.54, 1.807) is 0 Å². The van der Waals surface area contributed by atoms with Crippen molar-refractivity contribution < 1.29 is 9.53 Å². The fourth-order valence-corrected chi connectivity index (χ4v) is 2.41. The van der Waals surface area contributed by atoms with E-state index in [2.05, 4.69) is 42.9 Å². The normalized spacial score (nSPS) is 10.1. The SMILES string of the molecule is CCCNc1ncnc(SCC(=O)OC)c1Br. The average Bonchev–Trinajstić information content (AvgIpc) is 2.35. The van der Waals surface area contributed by atoms with Crippen molar-refractivity contribution in [2.75, 3.05) is 24.7 Å². The summed E-state index contributed by atoms with van der Waals surface area (Å²) in [6.45, 7) is 2.92. The Morgan fingerprint density at radius 2 is 2.35 bits per heavy atom. The number of aromatic nitrogens is 2. The molecular formula is C10H14BrN3O2S. The van der Waals surface area contributed by atoms with Crippen molar-refractivity contribution in [3.05, 3.63) is 10.8 Å². The summed E-state index contributed by atoms with van der Waals surface area (Å²) < 4.78 is 5.35. The van der Waals surface area contributed by atoms with E-state index < -0.39 is 0 Å². The lowest BCUT2D eigenvalue weighted by Gasteiger charge is -2.08. The first-order valence-electron chi connectivity index (χ1n) is 5.13. The van der Waals surface area contributed by atoms with Crippen LogP contribution >= 0.6 is 27.7 Å². The number of hydrogen-bond acceptors (Lipinski definition) is 6. The van der Waals surface area contributed by atoms with E-state index in [9.17, 15) is 4.79 Å². The number of methoxy groups -OCH3 is 1. The third-order valence-electron chi connectivity index (χ3n) is 1.85. The van der Waals surface area contributed by atoms with Crippen LogP contribution in [-0.2, 0) is 9.53 Å². The number of esters is 1. The molecule has 0 aromatic carbocycles. The molecule has 7 heteroatoms. The minimum Gasteiger partial charge on any atom is -0.468 e. The Morgan fingerprint density at radius 3 is 3.00 bits per heavy atom. The second kappa shape index (κ2) is 7.50. The number of carbonyl (C=O) groups is 1. The predicted molar refractivity (Wildman–Crippen MR) is 71.3 cm³/mol. The van der Waals surface area contributed by atoms with Gasteiger partial charge in [0.1, 0.15) is 17.2 Å². The minimum absolute atomic E-state index is 0.235. The number of anilines is 1. The molecule has 5 nitrogen and oxygen atoms in total. The highest BCUT2D eigenvalue weighted by Gasteiger charge is 2.10. The summed E-state index contributed by atoms with van der Waals surface area (Å²) in [4.78, 5) is 19.3. The van der Waals surface area contributed by atoms with Crippen molar-refractivity contribution in [1.82, 2.24) is 9.97 Å². The van der Waals surface area contributed by atoms with Gasteiger partial charge in [0.15, 0.2) is 0 Å². The van der Waals surface area contributed by atoms with Gasteiger partial charge in [0, 0.05) is 6.54 Å². The molecule has 0 radical (unpaired) electrons. The van der Waals surface area contributed by atoms with Gasteiger partial charge in [-0.3, -0.25) is 4.79 Å². The summed E-state index contributed by atoms with van der Waals surface area (Å²) >= 11 is 4.74. The van der Waals surface area contributed by atoms with Crippen LogP contribution in [0.2, 0.25) is 0 Å². The maximum absolute atomic E-state index is 11.0. The molecule has 1 aromatic rings. The maximum Gasteiger partial charge on any atom is 0.316 e. The van der Waals surface area contributed by atoms with Gasteiger partial charge in [-0.25, -0.2) is 9.97 Å². The zero-order chi connectivity index (χ0) is 12.7. The van der Waals surface area contributed by atoms with E-state index in [-0.39, 0.29) is 11.7 Å². The molecule has 0 saturated carbocycles. The van der Waals surface area contributed by atoms with Gasteiger partial charge in [0.05, 0.1) is 17.3 Å². The summed E-state index contributed by atoms with van der Waals surface area (Å²) in [6, 6.07) is 0. The first kappa shape index (κ1) is 14.2. The lowest BCUT2D eigenvalue weighted by Crippen LogP contribution is -2.06. The molecule has 0 aliphatic heterocycles. The first-order valence-corrected chi connectivity index (χ1v) is 6.90. The highest BCUT2D eigenvalue weighted by molar-refractivity contribution is 9.10. The molecule has 0 unspecified atom stereocenters. The van der Waals surface area contributed by atoms with E-state index in [1.165, 1.54) is 25.2 Å². The van der Waals surface area contributed by atoms with Crippen LogP contribution in [-0.4, -0.2) is 35.3 Å². The number of thioether (sulfide) groups is 1. The molecule has 0 spiro atoms. The molecule has 94 valence electrons. The molecule has 0 amide bonds. The minimum atomic E-state index is -0.274. The fraction of sp³-hybridized carbons (Fsp3) is 0.500. The molecule has 0 fully saturated rings. The van der Waals surface area contributed by atoms with Crippen molar-refractivity contribution in [2.24, 2.45) is 0 Å². The van der Waals surface area contributed by atoms with Crippen molar-refractivity contribution in [3.63, 3.8) is 0 Å². The second-order valence-electron chi connectivity index (χ2n) is 3.13. The first-order chi connectivity index (χ1) is 8.19. The van der Waals surface area contributed by atoms with E-state index >= 15 is 0 Å². The van der Waals surface area contributed by atoms with Gasteiger partial charge in [-0.2, -0.15) is 0 Å². The highest BCUT2D eigenvalue weighted by atomic mass is 79.9. The van der Waals surface area contributed by atoms with Crippen LogP contribution in [0.25, 0.3) is 0 Å². The van der Waals surface area contributed by atoms with Crippen molar-refractivity contribution in [2.45, 2.75) is 18.4 Å². The Hall–Kier alpha value is -0.820. The van der Waals surface area contributed by atoms with Crippen molar-refractivity contribution >= 4 is 39.5 Å². The predicted octanol–water partition coefficient (Wildman–Crippen LogP) is 2.33. The van der Waals surface area contributed by atoms with Crippen LogP contribution in [0.15, 0.2) is 15.8 Å². The van der Waals surface area contributed by atoms with Gasteiger partial charge in [-0.1, -0.05) is 18.7 Å². The molecule has 0 aliphatic carbocycles. The number of ether oxygens (including phenoxy) is 1. The van der Waals surface area contributed by atoms with Crippen LogP contribution in [0.1, 0.15) is 13.3 Å². The van der Waals surface area contributed by atoms with Gasteiger partial charge < -0.3 is 10.1 Å². The van der Waals surface area contributed by atoms with Gasteiger partial charge in [-0.15, -0.1) is 0 Å². The van der Waals surface area contributed by atoms with Crippen LogP contribution in [0, 0.1) is 0 Å². The van der Waals surface area contributed by atoms with Gasteiger partial charge in [0.2, 0.25) is 0 Å².